The minimum Gasteiger partial charge on any atom is -0.490 e. The van der Waals surface area contributed by atoms with Gasteiger partial charge in [-0.1, -0.05) is 45.2 Å². The molecule has 0 bridgehead atoms. The van der Waals surface area contributed by atoms with Gasteiger partial charge in [-0.15, -0.1) is 0 Å². The van der Waals surface area contributed by atoms with E-state index in [1.54, 1.807) is 60.7 Å². The van der Waals surface area contributed by atoms with Crippen LogP contribution in [0.5, 0.6) is 11.5 Å². The Labute approximate surface area is 215 Å². The fourth-order valence-electron chi connectivity index (χ4n) is 2.75. The molecule has 2 N–H and O–H groups in total. The van der Waals surface area contributed by atoms with Crippen LogP contribution in [0.2, 0.25) is 10.0 Å². The number of nitrogens with one attached hydrogen (secondary N) is 2. The molecule has 3 aromatic rings. The van der Waals surface area contributed by atoms with Crippen LogP contribution in [-0.4, -0.2) is 24.6 Å². The van der Waals surface area contributed by atoms with Crippen LogP contribution >= 0.6 is 39.1 Å². The number of hydrogen-bond donors (Lipinski definition) is 2. The highest BCUT2D eigenvalue weighted by molar-refractivity contribution is 9.10. The molecule has 0 unspecified atom stereocenters. The van der Waals surface area contributed by atoms with Crippen LogP contribution in [0.4, 0.5) is 5.69 Å². The molecule has 3 rings (SSSR count). The van der Waals surface area contributed by atoms with Gasteiger partial charge in [-0.05, 0) is 67.1 Å². The second kappa shape index (κ2) is 12.4. The number of anilines is 1. The van der Waals surface area contributed by atoms with Crippen molar-refractivity contribution < 1.29 is 19.1 Å². The van der Waals surface area contributed by atoms with Crippen LogP contribution in [0.15, 0.2) is 70.2 Å². The predicted octanol–water partition coefficient (Wildman–Crippen LogP) is 5.82. The molecule has 0 aliphatic rings. The number of amides is 2. The topological polar surface area (TPSA) is 89.0 Å². The molecule has 0 saturated heterocycles. The lowest BCUT2D eigenvalue weighted by Crippen LogP contribution is -2.32. The van der Waals surface area contributed by atoms with Crippen LogP contribution < -0.4 is 20.2 Å². The van der Waals surface area contributed by atoms with E-state index in [9.17, 15) is 9.59 Å². The Morgan fingerprint density at radius 3 is 2.35 bits per heavy atom. The van der Waals surface area contributed by atoms with E-state index in [-0.39, 0.29) is 6.61 Å². The maximum absolute atomic E-state index is 12.0. The molecule has 7 nitrogen and oxygen atoms in total. The van der Waals surface area contributed by atoms with Gasteiger partial charge < -0.3 is 14.8 Å². The molecular weight excluding hydrogens is 545 g/mol. The largest absolute Gasteiger partial charge is 0.490 e. The highest BCUT2D eigenvalue weighted by Gasteiger charge is 2.13. The Kier molecular flexibility index (Phi) is 9.33. The summed E-state index contributed by atoms with van der Waals surface area (Å²) in [4.78, 5) is 24.0. The monoisotopic (exact) mass is 563 g/mol. The van der Waals surface area contributed by atoms with Crippen molar-refractivity contribution in [2.24, 2.45) is 5.10 Å². The van der Waals surface area contributed by atoms with Gasteiger partial charge in [-0.25, -0.2) is 5.43 Å². The lowest BCUT2D eigenvalue weighted by Gasteiger charge is -2.14. The summed E-state index contributed by atoms with van der Waals surface area (Å²) in [5.41, 5.74) is 3.98. The standard InChI is InChI=1S/C24H20BrCl2N3O4/c1-2-33-22-12-15(6-11-21(22)34-14-18-19(26)4-3-5-20(18)27)13-28-30-24(32)23(31)29-17-9-7-16(25)8-10-17/h3-13H,2,14H2,1H3,(H,29,31)(H,30,32). The highest BCUT2D eigenvalue weighted by atomic mass is 79.9. The first-order chi connectivity index (χ1) is 16.4. The van der Waals surface area contributed by atoms with Gasteiger partial charge in [0.2, 0.25) is 0 Å². The Morgan fingerprint density at radius 1 is 0.971 bits per heavy atom. The Morgan fingerprint density at radius 2 is 1.68 bits per heavy atom. The average molecular weight is 565 g/mol. The molecule has 2 amide bonds. The third kappa shape index (κ3) is 7.21. The maximum Gasteiger partial charge on any atom is 0.329 e. The number of halogens is 3. The minimum atomic E-state index is -0.902. The lowest BCUT2D eigenvalue weighted by atomic mass is 10.2. The average Bonchev–Trinajstić information content (AvgIpc) is 2.81. The number of hydrazone groups is 1. The normalized spacial score (nSPS) is 10.7. The molecule has 0 fully saturated rings. The number of carbonyl (C=O) groups is 2. The number of nitrogens with zero attached hydrogens (tertiary/aromatic N) is 1. The van der Waals surface area contributed by atoms with Crippen molar-refractivity contribution >= 4 is 62.8 Å². The van der Waals surface area contributed by atoms with Gasteiger partial charge in [0.15, 0.2) is 11.5 Å². The maximum atomic E-state index is 12.0. The van der Waals surface area contributed by atoms with E-state index in [2.05, 4.69) is 31.8 Å². The molecule has 0 aliphatic carbocycles. The molecule has 0 radical (unpaired) electrons. The smallest absolute Gasteiger partial charge is 0.329 e. The Bertz CT molecular complexity index is 1180. The van der Waals surface area contributed by atoms with Crippen molar-refractivity contribution in [3.63, 3.8) is 0 Å². The SMILES string of the molecule is CCOc1cc(C=NNC(=O)C(=O)Nc2ccc(Br)cc2)ccc1OCc1c(Cl)cccc1Cl. The highest BCUT2D eigenvalue weighted by Crippen LogP contribution is 2.31. The molecule has 0 atom stereocenters. The lowest BCUT2D eigenvalue weighted by molar-refractivity contribution is -0.136. The molecular formula is C24H20BrCl2N3O4. The minimum absolute atomic E-state index is 0.162. The first kappa shape index (κ1) is 25.6. The third-order valence-corrected chi connectivity index (χ3v) is 5.63. The zero-order valence-corrected chi connectivity index (χ0v) is 21.1. The summed E-state index contributed by atoms with van der Waals surface area (Å²) in [6.45, 7) is 2.42. The van der Waals surface area contributed by atoms with Crippen LogP contribution in [0.25, 0.3) is 0 Å². The number of hydrogen-bond acceptors (Lipinski definition) is 5. The van der Waals surface area contributed by atoms with Crippen LogP contribution in [0, 0.1) is 0 Å². The molecule has 176 valence electrons. The van der Waals surface area contributed by atoms with Gasteiger partial charge in [0.25, 0.3) is 0 Å². The molecule has 0 saturated carbocycles. The van der Waals surface area contributed by atoms with Gasteiger partial charge in [0.05, 0.1) is 12.8 Å². The molecule has 3 aromatic carbocycles. The summed E-state index contributed by atoms with van der Waals surface area (Å²) < 4.78 is 12.4. The predicted molar refractivity (Wildman–Crippen MR) is 137 cm³/mol. The van der Waals surface area contributed by atoms with E-state index in [0.717, 1.165) is 4.47 Å². The van der Waals surface area contributed by atoms with E-state index in [4.69, 9.17) is 32.7 Å². The fraction of sp³-hybridized carbons (Fsp3) is 0.125. The summed E-state index contributed by atoms with van der Waals surface area (Å²) in [5, 5.41) is 7.34. The van der Waals surface area contributed by atoms with Crippen molar-refractivity contribution in [1.29, 1.82) is 0 Å². The molecule has 0 spiro atoms. The van der Waals surface area contributed by atoms with Gasteiger partial charge in [0.1, 0.15) is 6.61 Å². The second-order valence-electron chi connectivity index (χ2n) is 6.79. The molecule has 0 heterocycles. The molecule has 34 heavy (non-hydrogen) atoms. The quantitative estimate of drug-likeness (QED) is 0.205. The van der Waals surface area contributed by atoms with E-state index >= 15 is 0 Å². The summed E-state index contributed by atoms with van der Waals surface area (Å²) in [7, 11) is 0. The Balaban J connectivity index is 1.61. The van der Waals surface area contributed by atoms with Gasteiger partial charge in [-0.3, -0.25) is 9.59 Å². The number of rotatable bonds is 8. The van der Waals surface area contributed by atoms with Crippen molar-refractivity contribution in [1.82, 2.24) is 5.43 Å². The first-order valence-electron chi connectivity index (χ1n) is 10.1. The van der Waals surface area contributed by atoms with Gasteiger partial charge in [-0.2, -0.15) is 5.10 Å². The zero-order valence-electron chi connectivity index (χ0n) is 18.0. The van der Waals surface area contributed by atoms with Crippen molar-refractivity contribution in [2.75, 3.05) is 11.9 Å². The fourth-order valence-corrected chi connectivity index (χ4v) is 3.52. The van der Waals surface area contributed by atoms with E-state index < -0.39 is 11.8 Å². The van der Waals surface area contributed by atoms with E-state index in [1.807, 2.05) is 6.92 Å². The van der Waals surface area contributed by atoms with Crippen LogP contribution in [0.1, 0.15) is 18.1 Å². The third-order valence-electron chi connectivity index (χ3n) is 4.39. The van der Waals surface area contributed by atoms with Crippen molar-refractivity contribution in [3.8, 4) is 11.5 Å². The summed E-state index contributed by atoms with van der Waals surface area (Å²) >= 11 is 15.7. The summed E-state index contributed by atoms with van der Waals surface area (Å²) in [6.07, 6.45) is 1.39. The second-order valence-corrected chi connectivity index (χ2v) is 8.52. The number of ether oxygens (including phenoxy) is 2. The number of carbonyl (C=O) groups excluding carboxylic acids is 2. The molecule has 0 aromatic heterocycles. The summed E-state index contributed by atoms with van der Waals surface area (Å²) in [6, 6.07) is 17.2. The van der Waals surface area contributed by atoms with Gasteiger partial charge in [0, 0.05) is 25.8 Å². The van der Waals surface area contributed by atoms with Gasteiger partial charge >= 0.3 is 11.8 Å². The van der Waals surface area contributed by atoms with Crippen molar-refractivity contribution in [2.45, 2.75) is 13.5 Å². The first-order valence-corrected chi connectivity index (χ1v) is 11.6. The molecule has 10 heteroatoms. The van der Waals surface area contributed by atoms with Crippen LogP contribution in [0.3, 0.4) is 0 Å². The summed E-state index contributed by atoms with van der Waals surface area (Å²) in [5.74, 6) is -0.765. The molecule has 0 aliphatic heterocycles. The zero-order chi connectivity index (χ0) is 24.5. The number of benzene rings is 3. The van der Waals surface area contributed by atoms with E-state index in [0.29, 0.717) is 45.0 Å². The Hall–Kier alpha value is -3.07. The van der Waals surface area contributed by atoms with E-state index in [1.165, 1.54) is 6.21 Å². The van der Waals surface area contributed by atoms with Crippen molar-refractivity contribution in [3.05, 3.63) is 86.3 Å². The van der Waals surface area contributed by atoms with Crippen LogP contribution in [-0.2, 0) is 16.2 Å².